The molecule has 2 fully saturated rings. The number of hydrogen-bond donors (Lipinski definition) is 2. The van der Waals surface area contributed by atoms with E-state index in [-0.39, 0.29) is 23.3 Å². The second-order valence-electron chi connectivity index (χ2n) is 9.31. The molecule has 2 aromatic heterocycles. The number of nitrogens with one attached hydrogen (secondary N) is 1. The van der Waals surface area contributed by atoms with Crippen LogP contribution in [0.25, 0.3) is 15.7 Å². The van der Waals surface area contributed by atoms with Gasteiger partial charge in [-0.25, -0.2) is 9.18 Å². The first-order valence-electron chi connectivity index (χ1n) is 10.9. The van der Waals surface area contributed by atoms with Crippen molar-refractivity contribution in [2.24, 2.45) is 17.8 Å². The van der Waals surface area contributed by atoms with Gasteiger partial charge in [0.1, 0.15) is 22.6 Å². The van der Waals surface area contributed by atoms with Crippen LogP contribution in [0.15, 0.2) is 28.4 Å². The Labute approximate surface area is 190 Å². The molecule has 4 unspecified atom stereocenters. The van der Waals surface area contributed by atoms with E-state index in [2.05, 4.69) is 22.4 Å². The van der Waals surface area contributed by atoms with E-state index < -0.39 is 17.4 Å². The predicted octanol–water partition coefficient (Wildman–Crippen LogP) is 3.20. The third-order valence-corrected chi connectivity index (χ3v) is 8.96. The number of likely N-dealkylation sites (N-methyl/N-ethyl adjacent to an activating group) is 1. The molecule has 3 aromatic rings. The Morgan fingerprint density at radius 3 is 3.06 bits per heavy atom. The Morgan fingerprint density at radius 2 is 2.27 bits per heavy atom. The molecule has 2 aliphatic carbocycles. The Bertz CT molecular complexity index is 1480. The highest BCUT2D eigenvalue weighted by Crippen LogP contribution is 2.55. The largest absolute Gasteiger partial charge is 0.511 e. The number of carbonyl (C=O) groups is 1. The SMILES string of the molecule is CNC12C=CC(C1)C1CN(c3c(F)cc4c(=O)c(OC(=O)O)c5scc6n5c4c3OC6)CC12. The monoisotopic (exact) mass is 469 g/mol. The van der Waals surface area contributed by atoms with E-state index in [0.717, 1.165) is 18.7 Å². The van der Waals surface area contributed by atoms with Crippen LogP contribution in [0.5, 0.6) is 11.5 Å². The van der Waals surface area contributed by atoms with Crippen LogP contribution >= 0.6 is 11.3 Å². The lowest BCUT2D eigenvalue weighted by molar-refractivity contribution is 0.144. The molecule has 1 aromatic carbocycles. The van der Waals surface area contributed by atoms with Crippen LogP contribution in [0.1, 0.15) is 12.1 Å². The summed E-state index contributed by atoms with van der Waals surface area (Å²) in [5.41, 5.74) is 0.888. The minimum Gasteiger partial charge on any atom is -0.483 e. The summed E-state index contributed by atoms with van der Waals surface area (Å²) in [7, 11) is 1.99. The second kappa shape index (κ2) is 6.27. The van der Waals surface area contributed by atoms with Gasteiger partial charge in [-0.15, -0.1) is 11.3 Å². The Kier molecular flexibility index (Phi) is 3.68. The predicted molar refractivity (Wildman–Crippen MR) is 120 cm³/mol. The van der Waals surface area contributed by atoms with E-state index in [1.54, 1.807) is 9.78 Å². The zero-order valence-electron chi connectivity index (χ0n) is 17.6. The molecule has 0 amide bonds. The van der Waals surface area contributed by atoms with Crippen molar-refractivity contribution >= 4 is 38.9 Å². The van der Waals surface area contributed by atoms with E-state index >= 15 is 4.39 Å². The van der Waals surface area contributed by atoms with Crippen molar-refractivity contribution in [2.45, 2.75) is 18.6 Å². The topological polar surface area (TPSA) is 92.5 Å². The second-order valence-corrected chi connectivity index (χ2v) is 10.2. The molecular formula is C23H20FN3O5S. The molecule has 33 heavy (non-hydrogen) atoms. The minimum absolute atomic E-state index is 0.0483. The standard InChI is InChI=1S/C23H20FN3O5S/c1-25-23-3-2-10(5-23)13-6-26(7-14(13)23)17-15(24)4-12-16-19(17)31-8-11-9-33-21(27(11)16)20(18(12)28)32-22(29)30/h2-4,9-10,13-14,25H,5-8H2,1H3,(H,29,30). The molecule has 2 N–H and O–H groups in total. The third-order valence-electron chi connectivity index (χ3n) is 7.97. The van der Waals surface area contributed by atoms with Gasteiger partial charge in [0.15, 0.2) is 11.6 Å². The van der Waals surface area contributed by atoms with Gasteiger partial charge in [0, 0.05) is 29.9 Å². The lowest BCUT2D eigenvalue weighted by Crippen LogP contribution is -2.46. The lowest BCUT2D eigenvalue weighted by atomic mass is 9.82. The number of anilines is 1. The number of pyridine rings is 1. The number of nitrogens with zero attached hydrogens (tertiary/aromatic N) is 2. The summed E-state index contributed by atoms with van der Waals surface area (Å²) < 4.78 is 28.3. The fourth-order valence-electron chi connectivity index (χ4n) is 6.59. The molecule has 2 aliphatic heterocycles. The van der Waals surface area contributed by atoms with Gasteiger partial charge >= 0.3 is 6.16 Å². The summed E-state index contributed by atoms with van der Waals surface area (Å²) in [4.78, 5) is 26.8. The van der Waals surface area contributed by atoms with Crippen molar-refractivity contribution in [1.82, 2.24) is 9.72 Å². The maximum atomic E-state index is 15.6. The van der Waals surface area contributed by atoms with Gasteiger partial charge in [-0.1, -0.05) is 12.2 Å². The van der Waals surface area contributed by atoms with Crippen LogP contribution in [0.3, 0.4) is 0 Å². The Hall–Kier alpha value is -3.11. The maximum Gasteiger partial charge on any atom is 0.511 e. The van der Waals surface area contributed by atoms with Crippen molar-refractivity contribution in [3.05, 3.63) is 45.3 Å². The third kappa shape index (κ3) is 2.32. The fourth-order valence-corrected chi connectivity index (χ4v) is 7.56. The fraction of sp³-hybridized carbons (Fsp3) is 0.391. The number of carboxylic acid groups (broad SMARTS) is 1. The number of rotatable bonds is 3. The summed E-state index contributed by atoms with van der Waals surface area (Å²) in [6, 6.07) is 1.20. The van der Waals surface area contributed by atoms with E-state index in [9.17, 15) is 9.59 Å². The molecule has 10 heteroatoms. The molecule has 4 aliphatic rings. The minimum atomic E-state index is -1.58. The number of aromatic nitrogens is 1. The molecule has 1 saturated heterocycles. The number of hydrogen-bond acceptors (Lipinski definition) is 7. The van der Waals surface area contributed by atoms with Gasteiger partial charge < -0.3 is 24.8 Å². The Balaban J connectivity index is 1.43. The van der Waals surface area contributed by atoms with Crippen LogP contribution in [-0.4, -0.2) is 41.3 Å². The van der Waals surface area contributed by atoms with E-state index in [1.165, 1.54) is 17.4 Å². The summed E-state index contributed by atoms with van der Waals surface area (Å²) in [5.74, 6) is 0.757. The van der Waals surface area contributed by atoms with E-state index in [1.807, 2.05) is 7.05 Å². The van der Waals surface area contributed by atoms with Crippen LogP contribution in [0.2, 0.25) is 0 Å². The van der Waals surface area contributed by atoms with E-state index in [4.69, 9.17) is 14.6 Å². The average Bonchev–Trinajstić information content (AvgIpc) is 3.55. The van der Waals surface area contributed by atoms with Gasteiger partial charge in [0.05, 0.1) is 11.1 Å². The summed E-state index contributed by atoms with van der Waals surface area (Å²) >= 11 is 1.21. The van der Waals surface area contributed by atoms with Crippen LogP contribution in [0, 0.1) is 23.6 Å². The quantitative estimate of drug-likeness (QED) is 0.450. The lowest BCUT2D eigenvalue weighted by Gasteiger charge is -2.32. The average molecular weight is 469 g/mol. The number of ether oxygens (including phenoxy) is 2. The summed E-state index contributed by atoms with van der Waals surface area (Å²) in [6.45, 7) is 1.61. The highest BCUT2D eigenvalue weighted by Gasteiger charge is 2.57. The van der Waals surface area contributed by atoms with Gasteiger partial charge in [-0.2, -0.15) is 0 Å². The van der Waals surface area contributed by atoms with Crippen molar-refractivity contribution in [1.29, 1.82) is 0 Å². The number of fused-ring (bicyclic) bond motifs is 5. The maximum absolute atomic E-state index is 15.6. The molecule has 1 saturated carbocycles. The van der Waals surface area contributed by atoms with Gasteiger partial charge in [0.25, 0.3) is 0 Å². The van der Waals surface area contributed by atoms with Crippen molar-refractivity contribution in [2.75, 3.05) is 25.0 Å². The molecule has 0 radical (unpaired) electrons. The first kappa shape index (κ1) is 19.4. The highest BCUT2D eigenvalue weighted by atomic mass is 32.1. The van der Waals surface area contributed by atoms with E-state index in [0.29, 0.717) is 46.1 Å². The molecule has 8 nitrogen and oxygen atoms in total. The molecule has 4 atom stereocenters. The molecule has 4 heterocycles. The number of allylic oxidation sites excluding steroid dienone is 1. The first-order valence-corrected chi connectivity index (χ1v) is 11.8. The van der Waals surface area contributed by atoms with Crippen molar-refractivity contribution in [3.8, 4) is 11.5 Å². The van der Waals surface area contributed by atoms with Gasteiger partial charge in [0.2, 0.25) is 11.2 Å². The van der Waals surface area contributed by atoms with Crippen LogP contribution in [-0.2, 0) is 6.61 Å². The smallest absolute Gasteiger partial charge is 0.483 e. The molecule has 170 valence electrons. The number of thiazole rings is 1. The molecule has 2 bridgehead atoms. The highest BCUT2D eigenvalue weighted by molar-refractivity contribution is 7.16. The van der Waals surface area contributed by atoms with Gasteiger partial charge in [-0.3, -0.25) is 9.20 Å². The normalized spacial score (nSPS) is 28.8. The summed E-state index contributed by atoms with van der Waals surface area (Å²) in [5, 5.41) is 14.5. The molecule has 0 spiro atoms. The van der Waals surface area contributed by atoms with Crippen molar-refractivity contribution < 1.29 is 23.8 Å². The van der Waals surface area contributed by atoms with Crippen molar-refractivity contribution in [3.63, 3.8) is 0 Å². The Morgan fingerprint density at radius 1 is 1.42 bits per heavy atom. The summed E-state index contributed by atoms with van der Waals surface area (Å²) in [6.07, 6.45) is 4.05. The number of benzene rings is 1. The molecule has 7 rings (SSSR count). The molecular weight excluding hydrogens is 449 g/mol. The van der Waals surface area contributed by atoms with Gasteiger partial charge in [-0.05, 0) is 31.4 Å². The zero-order chi connectivity index (χ0) is 22.6. The first-order chi connectivity index (χ1) is 15.9. The van der Waals surface area contributed by atoms with Crippen LogP contribution < -0.4 is 25.1 Å². The zero-order valence-corrected chi connectivity index (χ0v) is 18.4. The van der Waals surface area contributed by atoms with Crippen LogP contribution in [0.4, 0.5) is 14.9 Å². The number of halogens is 1.